The molecular weight excluding hydrogens is 212 g/mol. The van der Waals surface area contributed by atoms with Gasteiger partial charge in [-0.1, -0.05) is 12.8 Å². The molecule has 4 nitrogen and oxygen atoms in total. The predicted octanol–water partition coefficient (Wildman–Crippen LogP) is 0.706. The maximum Gasteiger partial charge on any atom is 0.211 e. The van der Waals surface area contributed by atoms with E-state index in [0.717, 1.165) is 6.54 Å². The van der Waals surface area contributed by atoms with E-state index >= 15 is 0 Å². The molecule has 0 spiro atoms. The number of hydrogen-bond acceptors (Lipinski definition) is 3. The first-order valence-corrected chi connectivity index (χ1v) is 7.41. The zero-order valence-corrected chi connectivity index (χ0v) is 10.3. The molecule has 1 fully saturated rings. The summed E-state index contributed by atoms with van der Waals surface area (Å²) < 4.78 is 25.8. The number of nitrogens with one attached hydrogen (secondary N) is 2. The molecule has 0 amide bonds. The van der Waals surface area contributed by atoms with E-state index in [1.165, 1.54) is 25.7 Å². The van der Waals surface area contributed by atoms with Crippen LogP contribution in [0.15, 0.2) is 0 Å². The Morgan fingerprint density at radius 1 is 1.27 bits per heavy atom. The number of sulfonamides is 1. The second-order valence-corrected chi connectivity index (χ2v) is 6.20. The van der Waals surface area contributed by atoms with Gasteiger partial charge in [0.1, 0.15) is 0 Å². The molecule has 1 rings (SSSR count). The van der Waals surface area contributed by atoms with Gasteiger partial charge >= 0.3 is 0 Å². The summed E-state index contributed by atoms with van der Waals surface area (Å²) in [4.78, 5) is 0. The molecule has 2 N–H and O–H groups in total. The summed E-state index contributed by atoms with van der Waals surface area (Å²) >= 11 is 0. The van der Waals surface area contributed by atoms with Crippen LogP contribution in [0.4, 0.5) is 0 Å². The molecule has 0 aliphatic heterocycles. The Morgan fingerprint density at radius 3 is 2.53 bits per heavy atom. The lowest BCUT2D eigenvalue weighted by Crippen LogP contribution is -2.31. The molecule has 0 saturated heterocycles. The second-order valence-electron chi connectivity index (χ2n) is 4.27. The standard InChI is InChI=1S/C10H22N2O2S/c1-11-7-4-8-15(13,14)12-9-10-5-2-3-6-10/h10-12H,2-9H2,1H3. The fraction of sp³-hybridized carbons (Fsp3) is 1.00. The zero-order chi connectivity index (χ0) is 11.1. The third-order valence-electron chi connectivity index (χ3n) is 2.91. The van der Waals surface area contributed by atoms with E-state index in [1.807, 2.05) is 7.05 Å². The maximum absolute atomic E-state index is 11.5. The van der Waals surface area contributed by atoms with Gasteiger partial charge in [-0.2, -0.15) is 0 Å². The van der Waals surface area contributed by atoms with E-state index < -0.39 is 10.0 Å². The van der Waals surface area contributed by atoms with Gasteiger partial charge in [0.25, 0.3) is 0 Å². The van der Waals surface area contributed by atoms with Crippen molar-refractivity contribution in [1.82, 2.24) is 10.0 Å². The Labute approximate surface area is 92.9 Å². The Kier molecular flexibility index (Phi) is 5.56. The summed E-state index contributed by atoms with van der Waals surface area (Å²) in [6.07, 6.45) is 5.55. The minimum Gasteiger partial charge on any atom is -0.320 e. The van der Waals surface area contributed by atoms with Gasteiger partial charge < -0.3 is 5.32 Å². The van der Waals surface area contributed by atoms with Gasteiger partial charge in [-0.15, -0.1) is 0 Å². The summed E-state index contributed by atoms with van der Waals surface area (Å²) in [5.41, 5.74) is 0. The summed E-state index contributed by atoms with van der Waals surface area (Å²) in [5.74, 6) is 0.810. The highest BCUT2D eigenvalue weighted by atomic mass is 32.2. The lowest BCUT2D eigenvalue weighted by atomic mass is 10.1. The second kappa shape index (κ2) is 6.45. The third kappa shape index (κ3) is 5.49. The van der Waals surface area contributed by atoms with Crippen LogP contribution in [0.5, 0.6) is 0 Å². The van der Waals surface area contributed by atoms with Crippen LogP contribution < -0.4 is 10.0 Å². The monoisotopic (exact) mass is 234 g/mol. The smallest absolute Gasteiger partial charge is 0.211 e. The van der Waals surface area contributed by atoms with Gasteiger partial charge in [0.2, 0.25) is 10.0 Å². The quantitative estimate of drug-likeness (QED) is 0.638. The normalized spacial score (nSPS) is 18.5. The van der Waals surface area contributed by atoms with Crippen LogP contribution >= 0.6 is 0 Å². The van der Waals surface area contributed by atoms with Crippen molar-refractivity contribution in [2.24, 2.45) is 5.92 Å². The molecule has 1 aliphatic carbocycles. The summed E-state index contributed by atoms with van der Waals surface area (Å²) in [6, 6.07) is 0. The van der Waals surface area contributed by atoms with E-state index in [0.29, 0.717) is 18.9 Å². The van der Waals surface area contributed by atoms with E-state index in [2.05, 4.69) is 10.0 Å². The molecule has 1 aliphatic rings. The van der Waals surface area contributed by atoms with Crippen molar-refractivity contribution >= 4 is 10.0 Å². The number of hydrogen-bond donors (Lipinski definition) is 2. The average molecular weight is 234 g/mol. The van der Waals surface area contributed by atoms with Crippen LogP contribution in [0.25, 0.3) is 0 Å². The maximum atomic E-state index is 11.5. The van der Waals surface area contributed by atoms with Gasteiger partial charge in [-0.25, -0.2) is 13.1 Å². The lowest BCUT2D eigenvalue weighted by molar-refractivity contribution is 0.518. The minimum absolute atomic E-state index is 0.237. The zero-order valence-electron chi connectivity index (χ0n) is 9.46. The summed E-state index contributed by atoms with van der Waals surface area (Å²) in [6.45, 7) is 1.40. The molecule has 0 aromatic carbocycles. The van der Waals surface area contributed by atoms with Crippen LogP contribution in [-0.2, 0) is 10.0 Å². The minimum atomic E-state index is -3.03. The number of rotatable bonds is 7. The molecule has 0 atom stereocenters. The SMILES string of the molecule is CNCCCS(=O)(=O)NCC1CCCC1. The van der Waals surface area contributed by atoms with Crippen LogP contribution in [0, 0.1) is 5.92 Å². The molecular formula is C10H22N2O2S. The van der Waals surface area contributed by atoms with Crippen molar-refractivity contribution in [2.45, 2.75) is 32.1 Å². The highest BCUT2D eigenvalue weighted by Crippen LogP contribution is 2.23. The highest BCUT2D eigenvalue weighted by molar-refractivity contribution is 7.89. The highest BCUT2D eigenvalue weighted by Gasteiger charge is 2.17. The van der Waals surface area contributed by atoms with E-state index in [4.69, 9.17) is 0 Å². The molecule has 0 heterocycles. The van der Waals surface area contributed by atoms with E-state index in [9.17, 15) is 8.42 Å². The third-order valence-corrected chi connectivity index (χ3v) is 4.34. The first-order valence-electron chi connectivity index (χ1n) is 5.76. The van der Waals surface area contributed by atoms with Crippen molar-refractivity contribution in [2.75, 3.05) is 25.9 Å². The Balaban J connectivity index is 2.17. The van der Waals surface area contributed by atoms with Gasteiger partial charge in [-0.05, 0) is 38.8 Å². The average Bonchev–Trinajstić information content (AvgIpc) is 2.68. The topological polar surface area (TPSA) is 58.2 Å². The largest absolute Gasteiger partial charge is 0.320 e. The molecule has 1 saturated carbocycles. The van der Waals surface area contributed by atoms with Crippen molar-refractivity contribution in [3.63, 3.8) is 0 Å². The molecule has 0 aromatic heterocycles. The molecule has 0 unspecified atom stereocenters. The Bertz CT molecular complexity index is 259. The molecule has 0 bridgehead atoms. The van der Waals surface area contributed by atoms with Crippen molar-refractivity contribution < 1.29 is 8.42 Å². The Morgan fingerprint density at radius 2 is 1.93 bits per heavy atom. The molecule has 0 radical (unpaired) electrons. The summed E-state index contributed by atoms with van der Waals surface area (Å²) in [5, 5.41) is 2.95. The van der Waals surface area contributed by atoms with Gasteiger partial charge in [0, 0.05) is 6.54 Å². The van der Waals surface area contributed by atoms with E-state index in [-0.39, 0.29) is 5.75 Å². The van der Waals surface area contributed by atoms with Crippen LogP contribution in [-0.4, -0.2) is 34.3 Å². The molecule has 15 heavy (non-hydrogen) atoms. The molecule has 5 heteroatoms. The van der Waals surface area contributed by atoms with Crippen molar-refractivity contribution in [1.29, 1.82) is 0 Å². The fourth-order valence-corrected chi connectivity index (χ4v) is 3.13. The lowest BCUT2D eigenvalue weighted by Gasteiger charge is -2.10. The van der Waals surface area contributed by atoms with Crippen LogP contribution in [0.2, 0.25) is 0 Å². The van der Waals surface area contributed by atoms with Gasteiger partial charge in [0.15, 0.2) is 0 Å². The fourth-order valence-electron chi connectivity index (χ4n) is 1.97. The van der Waals surface area contributed by atoms with Crippen LogP contribution in [0.1, 0.15) is 32.1 Å². The summed E-state index contributed by atoms with van der Waals surface area (Å²) in [7, 11) is -1.20. The van der Waals surface area contributed by atoms with Gasteiger partial charge in [-0.3, -0.25) is 0 Å². The molecule has 0 aromatic rings. The predicted molar refractivity (Wildman–Crippen MR) is 62.3 cm³/mol. The first-order chi connectivity index (χ1) is 7.14. The van der Waals surface area contributed by atoms with Crippen molar-refractivity contribution in [3.05, 3.63) is 0 Å². The van der Waals surface area contributed by atoms with Crippen LogP contribution in [0.3, 0.4) is 0 Å². The van der Waals surface area contributed by atoms with E-state index in [1.54, 1.807) is 0 Å². The Hall–Kier alpha value is -0.130. The van der Waals surface area contributed by atoms with Gasteiger partial charge in [0.05, 0.1) is 5.75 Å². The molecule has 90 valence electrons. The van der Waals surface area contributed by atoms with Crippen molar-refractivity contribution in [3.8, 4) is 0 Å². The first kappa shape index (κ1) is 12.9.